The predicted molar refractivity (Wildman–Crippen MR) is 102 cm³/mol. The first-order valence-electron chi connectivity index (χ1n) is 8.43. The standard InChI is InChI=1S/C19H24N2O4S/c1-4-5-12-20-19(22)16-8-6-7-9-17(16)21-26(23,24)15-10-11-18(25-3)14(2)13-15/h6-11,13,21H,4-5,12H2,1-3H3,(H,20,22). The van der Waals surface area contributed by atoms with Crippen LogP contribution in [0.2, 0.25) is 0 Å². The number of carbonyl (C=O) groups excluding carboxylic acids is 1. The molecule has 0 atom stereocenters. The summed E-state index contributed by atoms with van der Waals surface area (Å²) in [6, 6.07) is 11.2. The Morgan fingerprint density at radius 3 is 2.54 bits per heavy atom. The zero-order valence-corrected chi connectivity index (χ0v) is 16.0. The molecule has 2 aromatic carbocycles. The van der Waals surface area contributed by atoms with Crippen LogP contribution >= 0.6 is 0 Å². The van der Waals surface area contributed by atoms with Crippen LogP contribution in [-0.4, -0.2) is 28.0 Å². The Morgan fingerprint density at radius 2 is 1.88 bits per heavy atom. The smallest absolute Gasteiger partial charge is 0.261 e. The lowest BCUT2D eigenvalue weighted by Gasteiger charge is -2.13. The monoisotopic (exact) mass is 376 g/mol. The third-order valence-corrected chi connectivity index (χ3v) is 5.27. The molecule has 2 aromatic rings. The van der Waals surface area contributed by atoms with Crippen molar-refractivity contribution in [2.45, 2.75) is 31.6 Å². The van der Waals surface area contributed by atoms with Crippen molar-refractivity contribution in [1.82, 2.24) is 5.32 Å². The van der Waals surface area contributed by atoms with E-state index in [-0.39, 0.29) is 22.1 Å². The third-order valence-electron chi connectivity index (χ3n) is 3.91. The Kier molecular flexibility index (Phi) is 6.63. The van der Waals surface area contributed by atoms with Crippen molar-refractivity contribution in [3.8, 4) is 5.75 Å². The van der Waals surface area contributed by atoms with Crippen molar-refractivity contribution in [2.24, 2.45) is 0 Å². The molecule has 1 amide bonds. The van der Waals surface area contributed by atoms with Gasteiger partial charge in [0.05, 0.1) is 23.3 Å². The van der Waals surface area contributed by atoms with Gasteiger partial charge in [-0.3, -0.25) is 9.52 Å². The number of rotatable bonds is 8. The number of carbonyl (C=O) groups is 1. The molecule has 0 saturated carbocycles. The lowest BCUT2D eigenvalue weighted by Crippen LogP contribution is -2.26. The first-order valence-corrected chi connectivity index (χ1v) is 9.92. The van der Waals surface area contributed by atoms with Gasteiger partial charge < -0.3 is 10.1 Å². The van der Waals surface area contributed by atoms with E-state index in [1.165, 1.54) is 19.2 Å². The number of sulfonamides is 1. The maximum absolute atomic E-state index is 12.7. The summed E-state index contributed by atoms with van der Waals surface area (Å²) in [6.07, 6.45) is 1.83. The molecule has 0 aliphatic rings. The fourth-order valence-corrected chi connectivity index (χ4v) is 3.63. The molecule has 26 heavy (non-hydrogen) atoms. The Balaban J connectivity index is 2.27. The van der Waals surface area contributed by atoms with Crippen LogP contribution in [0.5, 0.6) is 5.75 Å². The SMILES string of the molecule is CCCCNC(=O)c1ccccc1NS(=O)(=O)c1ccc(OC)c(C)c1. The van der Waals surface area contributed by atoms with Gasteiger partial charge in [0.2, 0.25) is 0 Å². The van der Waals surface area contributed by atoms with Gasteiger partial charge in [-0.1, -0.05) is 25.5 Å². The largest absolute Gasteiger partial charge is 0.496 e. The summed E-state index contributed by atoms with van der Waals surface area (Å²) in [7, 11) is -2.30. The van der Waals surface area contributed by atoms with Crippen LogP contribution in [0.15, 0.2) is 47.4 Å². The highest BCUT2D eigenvalue weighted by molar-refractivity contribution is 7.92. The molecule has 0 unspecified atom stereocenters. The fraction of sp³-hybridized carbons (Fsp3) is 0.316. The second kappa shape index (κ2) is 8.71. The molecule has 0 aliphatic heterocycles. The van der Waals surface area contributed by atoms with Gasteiger partial charge in [0.1, 0.15) is 5.75 Å². The average Bonchev–Trinajstić information content (AvgIpc) is 2.62. The van der Waals surface area contributed by atoms with E-state index in [1.54, 1.807) is 37.3 Å². The first kappa shape index (κ1) is 19.8. The average molecular weight is 376 g/mol. The van der Waals surface area contributed by atoms with Gasteiger partial charge in [0.25, 0.3) is 15.9 Å². The van der Waals surface area contributed by atoms with Crippen LogP contribution in [0.3, 0.4) is 0 Å². The van der Waals surface area contributed by atoms with E-state index in [0.29, 0.717) is 17.9 Å². The fourth-order valence-electron chi connectivity index (χ4n) is 2.47. The highest BCUT2D eigenvalue weighted by Crippen LogP contribution is 2.24. The highest BCUT2D eigenvalue weighted by Gasteiger charge is 2.19. The van der Waals surface area contributed by atoms with E-state index in [0.717, 1.165) is 12.8 Å². The van der Waals surface area contributed by atoms with Crippen LogP contribution in [0.4, 0.5) is 5.69 Å². The maximum atomic E-state index is 12.7. The van der Waals surface area contributed by atoms with Crippen LogP contribution in [-0.2, 0) is 10.0 Å². The second-order valence-corrected chi connectivity index (χ2v) is 7.57. The zero-order valence-electron chi connectivity index (χ0n) is 15.2. The van der Waals surface area contributed by atoms with Crippen molar-refractivity contribution in [3.63, 3.8) is 0 Å². The molecular formula is C19H24N2O4S. The van der Waals surface area contributed by atoms with Crippen molar-refractivity contribution >= 4 is 21.6 Å². The molecule has 0 saturated heterocycles. The number of para-hydroxylation sites is 1. The zero-order chi connectivity index (χ0) is 19.2. The summed E-state index contributed by atoms with van der Waals surface area (Å²) < 4.78 is 33.1. The second-order valence-electron chi connectivity index (χ2n) is 5.89. The van der Waals surface area contributed by atoms with Gasteiger partial charge in [-0.05, 0) is 49.2 Å². The third kappa shape index (κ3) is 4.76. The van der Waals surface area contributed by atoms with Crippen LogP contribution in [0.1, 0.15) is 35.7 Å². The summed E-state index contributed by atoms with van der Waals surface area (Å²) in [6.45, 7) is 4.35. The summed E-state index contributed by atoms with van der Waals surface area (Å²) >= 11 is 0. The molecule has 0 spiro atoms. The summed E-state index contributed by atoms with van der Waals surface area (Å²) in [4.78, 5) is 12.4. The number of hydrogen-bond donors (Lipinski definition) is 2. The molecule has 140 valence electrons. The molecule has 0 bridgehead atoms. The normalized spacial score (nSPS) is 11.0. The Morgan fingerprint density at radius 1 is 1.15 bits per heavy atom. The highest BCUT2D eigenvalue weighted by atomic mass is 32.2. The minimum absolute atomic E-state index is 0.108. The van der Waals surface area contributed by atoms with E-state index in [1.807, 2.05) is 6.92 Å². The Hall–Kier alpha value is -2.54. The molecule has 0 heterocycles. The lowest BCUT2D eigenvalue weighted by atomic mass is 10.1. The van der Waals surface area contributed by atoms with Gasteiger partial charge >= 0.3 is 0 Å². The number of aryl methyl sites for hydroxylation is 1. The number of anilines is 1. The molecule has 2 N–H and O–H groups in total. The number of amides is 1. The van der Waals surface area contributed by atoms with Crippen LogP contribution < -0.4 is 14.8 Å². The summed E-state index contributed by atoms with van der Waals surface area (Å²) in [5.41, 5.74) is 1.24. The van der Waals surface area contributed by atoms with Gasteiger partial charge in [0, 0.05) is 6.54 Å². The van der Waals surface area contributed by atoms with Crippen LogP contribution in [0, 0.1) is 6.92 Å². The summed E-state index contributed by atoms with van der Waals surface area (Å²) in [5, 5.41) is 2.80. The lowest BCUT2D eigenvalue weighted by molar-refractivity contribution is 0.0954. The van der Waals surface area contributed by atoms with Crippen molar-refractivity contribution < 1.29 is 17.9 Å². The van der Waals surface area contributed by atoms with Crippen molar-refractivity contribution in [2.75, 3.05) is 18.4 Å². The topological polar surface area (TPSA) is 84.5 Å². The number of ether oxygens (including phenoxy) is 1. The molecule has 2 rings (SSSR count). The molecule has 0 fully saturated rings. The number of nitrogens with one attached hydrogen (secondary N) is 2. The van der Waals surface area contributed by atoms with Crippen LogP contribution in [0.25, 0.3) is 0 Å². The molecular weight excluding hydrogens is 352 g/mol. The quantitative estimate of drug-likeness (QED) is 0.692. The number of hydrogen-bond acceptors (Lipinski definition) is 4. The van der Waals surface area contributed by atoms with E-state index < -0.39 is 10.0 Å². The maximum Gasteiger partial charge on any atom is 0.261 e. The van der Waals surface area contributed by atoms with Gasteiger partial charge in [0.15, 0.2) is 0 Å². The van der Waals surface area contributed by atoms with Gasteiger partial charge in [-0.2, -0.15) is 0 Å². The molecule has 0 radical (unpaired) electrons. The minimum Gasteiger partial charge on any atom is -0.496 e. The van der Waals surface area contributed by atoms with E-state index in [2.05, 4.69) is 10.0 Å². The number of methoxy groups -OCH3 is 1. The first-order chi connectivity index (χ1) is 12.4. The number of benzene rings is 2. The van der Waals surface area contributed by atoms with E-state index in [4.69, 9.17) is 4.74 Å². The Bertz CT molecular complexity index is 879. The van der Waals surface area contributed by atoms with Crippen molar-refractivity contribution in [1.29, 1.82) is 0 Å². The van der Waals surface area contributed by atoms with Gasteiger partial charge in [-0.25, -0.2) is 8.42 Å². The summed E-state index contributed by atoms with van der Waals surface area (Å²) in [5.74, 6) is 0.308. The van der Waals surface area contributed by atoms with E-state index >= 15 is 0 Å². The molecule has 0 aliphatic carbocycles. The Labute approximate surface area is 154 Å². The van der Waals surface area contributed by atoms with E-state index in [9.17, 15) is 13.2 Å². The molecule has 0 aromatic heterocycles. The molecule has 6 nitrogen and oxygen atoms in total. The van der Waals surface area contributed by atoms with Crippen molar-refractivity contribution in [3.05, 3.63) is 53.6 Å². The predicted octanol–water partition coefficient (Wildman–Crippen LogP) is 3.33. The molecule has 7 heteroatoms. The number of unbranched alkanes of at least 4 members (excludes halogenated alkanes) is 1. The minimum atomic E-state index is -3.83. The van der Waals surface area contributed by atoms with Gasteiger partial charge in [-0.15, -0.1) is 0 Å².